The van der Waals surface area contributed by atoms with E-state index in [4.69, 9.17) is 4.42 Å². The van der Waals surface area contributed by atoms with Gasteiger partial charge in [0.1, 0.15) is 11.3 Å². The largest absolute Gasteiger partial charge is 0.427 e. The molecule has 2 N–H and O–H groups in total. The molecule has 150 valence electrons. The highest BCUT2D eigenvalue weighted by Crippen LogP contribution is 2.31. The summed E-state index contributed by atoms with van der Waals surface area (Å²) in [7, 11) is 0. The number of hydrogen-bond donors (Lipinski definition) is 2. The molecule has 1 amide bonds. The smallest absolute Gasteiger partial charge is 0.349 e. The van der Waals surface area contributed by atoms with Crippen molar-refractivity contribution in [2.75, 3.05) is 6.54 Å². The minimum absolute atomic E-state index is 0.0604. The molecule has 0 atom stereocenters. The van der Waals surface area contributed by atoms with Gasteiger partial charge in [-0.05, 0) is 56.2 Å². The van der Waals surface area contributed by atoms with Crippen molar-refractivity contribution in [2.45, 2.75) is 63.9 Å². The lowest BCUT2D eigenvalue weighted by Gasteiger charge is -2.21. The third-order valence-corrected chi connectivity index (χ3v) is 5.57. The average Bonchev–Trinajstić information content (AvgIpc) is 3.08. The van der Waals surface area contributed by atoms with Crippen LogP contribution in [0.3, 0.4) is 0 Å². The van der Waals surface area contributed by atoms with E-state index in [2.05, 4.69) is 17.4 Å². The van der Waals surface area contributed by atoms with E-state index in [0.29, 0.717) is 30.7 Å². The van der Waals surface area contributed by atoms with Gasteiger partial charge in [-0.3, -0.25) is 4.79 Å². The third kappa shape index (κ3) is 5.32. The molecule has 0 aliphatic heterocycles. The Hall–Kier alpha value is -2.40. The Bertz CT molecular complexity index is 851. The average molecular weight is 383 g/mol. The van der Waals surface area contributed by atoms with Crippen molar-refractivity contribution < 1.29 is 14.3 Å². The zero-order chi connectivity index (χ0) is 20.0. The van der Waals surface area contributed by atoms with Crippen molar-refractivity contribution in [2.24, 2.45) is 0 Å². The summed E-state index contributed by atoms with van der Waals surface area (Å²) >= 11 is 0. The highest BCUT2D eigenvalue weighted by molar-refractivity contribution is 5.95. The van der Waals surface area contributed by atoms with Crippen molar-refractivity contribution in [3.05, 3.63) is 69.3 Å². The predicted molar refractivity (Wildman–Crippen MR) is 109 cm³/mol. The van der Waals surface area contributed by atoms with E-state index in [-0.39, 0.29) is 5.56 Å². The third-order valence-electron chi connectivity index (χ3n) is 5.57. The second-order valence-corrected chi connectivity index (χ2v) is 7.83. The van der Waals surface area contributed by atoms with Gasteiger partial charge in [0.25, 0.3) is 5.91 Å². The Morgan fingerprint density at radius 3 is 2.57 bits per heavy atom. The van der Waals surface area contributed by atoms with Crippen molar-refractivity contribution in [1.82, 2.24) is 5.32 Å². The summed E-state index contributed by atoms with van der Waals surface area (Å²) < 4.78 is 5.38. The molecular formula is C23H29NO4. The lowest BCUT2D eigenvalue weighted by atomic mass is 9.98. The van der Waals surface area contributed by atoms with E-state index in [1.54, 1.807) is 13.0 Å². The summed E-state index contributed by atoms with van der Waals surface area (Å²) in [6, 6.07) is 12.0. The molecule has 5 heteroatoms. The molecule has 3 rings (SSSR count). The van der Waals surface area contributed by atoms with Crippen LogP contribution in [0.1, 0.15) is 65.8 Å². The number of carbonyl (C=O) groups is 1. The normalized spacial score (nSPS) is 15.5. The van der Waals surface area contributed by atoms with Crippen LogP contribution in [0.2, 0.25) is 0 Å². The summed E-state index contributed by atoms with van der Waals surface area (Å²) in [5, 5.41) is 13.1. The zero-order valence-electron chi connectivity index (χ0n) is 16.5. The molecule has 2 aromatic rings. The maximum Gasteiger partial charge on any atom is 0.349 e. The van der Waals surface area contributed by atoms with Gasteiger partial charge < -0.3 is 14.8 Å². The molecule has 0 radical (unpaired) electrons. The van der Waals surface area contributed by atoms with Crippen molar-refractivity contribution in [3.8, 4) is 0 Å². The molecular weight excluding hydrogens is 354 g/mol. The molecule has 1 aliphatic carbocycles. The molecule has 1 fully saturated rings. The standard InChI is InChI=1S/C23H29NO4/c1-17-16-19(11-7-10-18-8-3-2-4-9-18)28-22(26)20(17)21(25)24-15-14-23(27)12-5-6-13-23/h2-4,8-9,16,27H,5-7,10-15H2,1H3,(H,24,25). The van der Waals surface area contributed by atoms with Crippen LogP contribution >= 0.6 is 0 Å². The van der Waals surface area contributed by atoms with Gasteiger partial charge in [-0.1, -0.05) is 43.2 Å². The summed E-state index contributed by atoms with van der Waals surface area (Å²) in [6.45, 7) is 2.12. The number of benzene rings is 1. The Morgan fingerprint density at radius 1 is 1.18 bits per heavy atom. The fourth-order valence-electron chi connectivity index (χ4n) is 3.96. The monoisotopic (exact) mass is 383 g/mol. The van der Waals surface area contributed by atoms with Gasteiger partial charge in [-0.25, -0.2) is 4.79 Å². The van der Waals surface area contributed by atoms with E-state index in [9.17, 15) is 14.7 Å². The molecule has 1 aliphatic rings. The maximum absolute atomic E-state index is 12.4. The fourth-order valence-corrected chi connectivity index (χ4v) is 3.96. The van der Waals surface area contributed by atoms with Gasteiger partial charge in [0.2, 0.25) is 0 Å². The quantitative estimate of drug-likeness (QED) is 0.731. The molecule has 1 aromatic carbocycles. The molecule has 5 nitrogen and oxygen atoms in total. The highest BCUT2D eigenvalue weighted by atomic mass is 16.4. The molecule has 0 bridgehead atoms. The highest BCUT2D eigenvalue weighted by Gasteiger charge is 2.30. The Morgan fingerprint density at radius 2 is 1.89 bits per heavy atom. The molecule has 1 saturated carbocycles. The van der Waals surface area contributed by atoms with Gasteiger partial charge in [0.05, 0.1) is 5.60 Å². The van der Waals surface area contributed by atoms with Crippen LogP contribution < -0.4 is 10.9 Å². The van der Waals surface area contributed by atoms with Gasteiger partial charge >= 0.3 is 5.63 Å². The topological polar surface area (TPSA) is 79.5 Å². The lowest BCUT2D eigenvalue weighted by molar-refractivity contribution is 0.0389. The van der Waals surface area contributed by atoms with Gasteiger partial charge in [0, 0.05) is 13.0 Å². The first-order valence-corrected chi connectivity index (χ1v) is 10.1. The van der Waals surface area contributed by atoms with Crippen molar-refractivity contribution in [3.63, 3.8) is 0 Å². The van der Waals surface area contributed by atoms with Crippen LogP contribution in [0.25, 0.3) is 0 Å². The molecule has 1 aromatic heterocycles. The van der Waals surface area contributed by atoms with Gasteiger partial charge in [-0.2, -0.15) is 0 Å². The number of nitrogens with one attached hydrogen (secondary N) is 1. The zero-order valence-corrected chi connectivity index (χ0v) is 16.5. The summed E-state index contributed by atoms with van der Waals surface area (Å²) in [5.41, 5.74) is 0.678. The van der Waals surface area contributed by atoms with E-state index < -0.39 is 17.1 Å². The summed E-state index contributed by atoms with van der Waals surface area (Å²) in [5.74, 6) is 0.180. The Labute approximate surface area is 165 Å². The van der Waals surface area contributed by atoms with Crippen LogP contribution in [0.4, 0.5) is 0 Å². The fraction of sp³-hybridized carbons (Fsp3) is 0.478. The number of amides is 1. The Balaban J connectivity index is 1.55. The number of aryl methyl sites for hydroxylation is 3. The SMILES string of the molecule is Cc1cc(CCCc2ccccc2)oc(=O)c1C(=O)NCCC1(O)CCCC1. The minimum Gasteiger partial charge on any atom is -0.427 e. The van der Waals surface area contributed by atoms with E-state index in [0.717, 1.165) is 38.5 Å². The molecule has 0 unspecified atom stereocenters. The first kappa shape index (κ1) is 20.3. The first-order chi connectivity index (χ1) is 13.5. The molecule has 0 saturated heterocycles. The van der Waals surface area contributed by atoms with Crippen LogP contribution in [0.15, 0.2) is 45.6 Å². The number of aliphatic hydroxyl groups is 1. The maximum atomic E-state index is 12.4. The Kier molecular flexibility index (Phi) is 6.68. The van der Waals surface area contributed by atoms with Gasteiger partial charge in [-0.15, -0.1) is 0 Å². The van der Waals surface area contributed by atoms with E-state index >= 15 is 0 Å². The molecule has 1 heterocycles. The first-order valence-electron chi connectivity index (χ1n) is 10.1. The van der Waals surface area contributed by atoms with Crippen LogP contribution in [0, 0.1) is 6.92 Å². The molecule has 28 heavy (non-hydrogen) atoms. The lowest BCUT2D eigenvalue weighted by Crippen LogP contribution is -2.35. The van der Waals surface area contributed by atoms with Crippen LogP contribution in [0.5, 0.6) is 0 Å². The van der Waals surface area contributed by atoms with Crippen LogP contribution in [-0.2, 0) is 12.8 Å². The second kappa shape index (κ2) is 9.20. The van der Waals surface area contributed by atoms with Gasteiger partial charge in [0.15, 0.2) is 0 Å². The number of hydrogen-bond acceptors (Lipinski definition) is 4. The summed E-state index contributed by atoms with van der Waals surface area (Å²) in [4.78, 5) is 24.8. The van der Waals surface area contributed by atoms with E-state index in [1.165, 1.54) is 5.56 Å². The molecule has 0 spiro atoms. The number of carbonyl (C=O) groups excluding carboxylic acids is 1. The van der Waals surface area contributed by atoms with Crippen molar-refractivity contribution >= 4 is 5.91 Å². The van der Waals surface area contributed by atoms with Crippen LogP contribution in [-0.4, -0.2) is 23.2 Å². The van der Waals surface area contributed by atoms with Crippen molar-refractivity contribution in [1.29, 1.82) is 0 Å². The predicted octanol–water partition coefficient (Wildman–Crippen LogP) is 3.55. The minimum atomic E-state index is -0.671. The second-order valence-electron chi connectivity index (χ2n) is 7.83. The summed E-state index contributed by atoms with van der Waals surface area (Å²) in [6.07, 6.45) is 6.56. The van der Waals surface area contributed by atoms with E-state index in [1.807, 2.05) is 18.2 Å². The number of rotatable bonds is 8.